The Labute approximate surface area is 89.9 Å². The predicted octanol–water partition coefficient (Wildman–Crippen LogP) is 2.14. The molecule has 0 spiro atoms. The maximum Gasteiger partial charge on any atom is 0.334 e. The van der Waals surface area contributed by atoms with E-state index in [-0.39, 0.29) is 18.1 Å². The maximum absolute atomic E-state index is 11.3. The van der Waals surface area contributed by atoms with Gasteiger partial charge in [0.25, 0.3) is 0 Å². The highest BCUT2D eigenvalue weighted by molar-refractivity contribution is 5.92. The van der Waals surface area contributed by atoms with E-state index < -0.39 is 11.9 Å². The third kappa shape index (κ3) is 6.71. The molecular formula is C11H18O4. The first kappa shape index (κ1) is 13.7. The average Bonchev–Trinajstić information content (AvgIpc) is 2.13. The fourth-order valence-corrected chi connectivity index (χ4v) is 1.07. The molecule has 0 aromatic rings. The van der Waals surface area contributed by atoms with E-state index in [0.717, 1.165) is 19.3 Å². The van der Waals surface area contributed by atoms with Gasteiger partial charge in [-0.05, 0) is 13.3 Å². The first-order chi connectivity index (χ1) is 6.97. The Bertz CT molecular complexity index is 245. The van der Waals surface area contributed by atoms with Gasteiger partial charge in [0.1, 0.15) is 0 Å². The van der Waals surface area contributed by atoms with Crippen LogP contribution < -0.4 is 0 Å². The summed E-state index contributed by atoms with van der Waals surface area (Å²) in [5.74, 6) is -1.68. The van der Waals surface area contributed by atoms with E-state index >= 15 is 0 Å². The first-order valence-electron chi connectivity index (χ1n) is 5.08. The molecule has 0 saturated heterocycles. The van der Waals surface area contributed by atoms with Gasteiger partial charge in [-0.25, -0.2) is 4.79 Å². The molecule has 0 rings (SSSR count). The zero-order valence-corrected chi connectivity index (χ0v) is 9.28. The van der Waals surface area contributed by atoms with Crippen LogP contribution in [0.1, 0.15) is 39.5 Å². The molecule has 15 heavy (non-hydrogen) atoms. The molecule has 4 heteroatoms. The summed E-state index contributed by atoms with van der Waals surface area (Å²) >= 11 is 0. The number of carbonyl (C=O) groups is 2. The molecular weight excluding hydrogens is 196 g/mol. The number of esters is 1. The van der Waals surface area contributed by atoms with E-state index in [1.807, 2.05) is 0 Å². The van der Waals surface area contributed by atoms with Crippen molar-refractivity contribution in [3.63, 3.8) is 0 Å². The number of carbonyl (C=O) groups excluding carboxylic acids is 1. The molecule has 0 fully saturated rings. The molecule has 1 unspecified atom stereocenters. The molecule has 0 aliphatic heterocycles. The standard InChI is InChI=1S/C11H18O4/c1-4-5-6-9(3)15-11(14)8(2)7-10(12)13/h9H,2,4-7H2,1,3H3,(H,12,13). The topological polar surface area (TPSA) is 63.6 Å². The SMILES string of the molecule is C=C(CC(=O)O)C(=O)OC(C)CCCC. The van der Waals surface area contributed by atoms with Gasteiger partial charge in [-0.2, -0.15) is 0 Å². The van der Waals surface area contributed by atoms with Crippen molar-refractivity contribution < 1.29 is 19.4 Å². The Kier molecular flexibility index (Phi) is 6.42. The highest BCUT2D eigenvalue weighted by atomic mass is 16.5. The largest absolute Gasteiger partial charge is 0.481 e. The minimum absolute atomic E-state index is 0.00847. The van der Waals surface area contributed by atoms with Crippen LogP contribution in [0.5, 0.6) is 0 Å². The molecule has 1 N–H and O–H groups in total. The predicted molar refractivity (Wildman–Crippen MR) is 56.5 cm³/mol. The fraction of sp³-hybridized carbons (Fsp3) is 0.636. The molecule has 0 saturated carbocycles. The van der Waals surface area contributed by atoms with Gasteiger partial charge >= 0.3 is 11.9 Å². The van der Waals surface area contributed by atoms with Crippen LogP contribution in [0.4, 0.5) is 0 Å². The Morgan fingerprint density at radius 3 is 2.53 bits per heavy atom. The number of hydrogen-bond acceptors (Lipinski definition) is 3. The number of hydrogen-bond donors (Lipinski definition) is 1. The van der Waals surface area contributed by atoms with Crippen LogP contribution in [-0.2, 0) is 14.3 Å². The van der Waals surface area contributed by atoms with Crippen LogP contribution in [0.3, 0.4) is 0 Å². The van der Waals surface area contributed by atoms with Crippen molar-refractivity contribution in [3.05, 3.63) is 12.2 Å². The van der Waals surface area contributed by atoms with Gasteiger partial charge < -0.3 is 9.84 Å². The number of aliphatic carboxylic acids is 1. The van der Waals surface area contributed by atoms with Crippen molar-refractivity contribution in [3.8, 4) is 0 Å². The Morgan fingerprint density at radius 2 is 2.07 bits per heavy atom. The Balaban J connectivity index is 3.90. The van der Waals surface area contributed by atoms with E-state index in [2.05, 4.69) is 13.5 Å². The lowest BCUT2D eigenvalue weighted by Gasteiger charge is -2.12. The van der Waals surface area contributed by atoms with Gasteiger partial charge in [-0.3, -0.25) is 4.79 Å². The molecule has 0 aromatic heterocycles. The van der Waals surface area contributed by atoms with Crippen molar-refractivity contribution in [2.75, 3.05) is 0 Å². The van der Waals surface area contributed by atoms with Crippen LogP contribution in [0.15, 0.2) is 12.2 Å². The van der Waals surface area contributed by atoms with Crippen molar-refractivity contribution in [2.24, 2.45) is 0 Å². The summed E-state index contributed by atoms with van der Waals surface area (Å²) in [4.78, 5) is 21.6. The molecule has 1 atom stereocenters. The number of carboxylic acid groups (broad SMARTS) is 1. The van der Waals surface area contributed by atoms with Crippen molar-refractivity contribution in [2.45, 2.75) is 45.6 Å². The summed E-state index contributed by atoms with van der Waals surface area (Å²) in [6, 6.07) is 0. The van der Waals surface area contributed by atoms with E-state index in [4.69, 9.17) is 9.84 Å². The first-order valence-corrected chi connectivity index (χ1v) is 5.08. The number of rotatable bonds is 7. The second-order valence-electron chi connectivity index (χ2n) is 3.53. The van der Waals surface area contributed by atoms with Crippen LogP contribution in [0, 0.1) is 0 Å². The van der Waals surface area contributed by atoms with Gasteiger partial charge in [0, 0.05) is 5.57 Å². The van der Waals surface area contributed by atoms with Crippen LogP contribution in [-0.4, -0.2) is 23.1 Å². The van der Waals surface area contributed by atoms with Crippen molar-refractivity contribution in [1.82, 2.24) is 0 Å². The molecule has 0 aliphatic carbocycles. The lowest BCUT2D eigenvalue weighted by atomic mass is 10.2. The summed E-state index contributed by atoms with van der Waals surface area (Å²) < 4.78 is 5.01. The smallest absolute Gasteiger partial charge is 0.334 e. The zero-order valence-electron chi connectivity index (χ0n) is 9.28. The third-order valence-electron chi connectivity index (χ3n) is 1.93. The molecule has 86 valence electrons. The number of carboxylic acids is 1. The molecule has 0 aliphatic rings. The van der Waals surface area contributed by atoms with Gasteiger partial charge in [-0.1, -0.05) is 26.3 Å². The molecule has 0 aromatic carbocycles. The van der Waals surface area contributed by atoms with Gasteiger partial charge in [0.2, 0.25) is 0 Å². The summed E-state index contributed by atoms with van der Waals surface area (Å²) in [5.41, 5.74) is -0.00847. The quantitative estimate of drug-likeness (QED) is 0.521. The number of unbranched alkanes of at least 4 members (excludes halogenated alkanes) is 1. The normalized spacial score (nSPS) is 11.9. The lowest BCUT2D eigenvalue weighted by Crippen LogP contribution is -2.17. The van der Waals surface area contributed by atoms with E-state index in [1.165, 1.54) is 0 Å². The molecule has 0 amide bonds. The summed E-state index contributed by atoms with van der Waals surface area (Å²) in [5, 5.41) is 8.44. The summed E-state index contributed by atoms with van der Waals surface area (Å²) in [6.07, 6.45) is 2.28. The lowest BCUT2D eigenvalue weighted by molar-refractivity contribution is -0.146. The Hall–Kier alpha value is -1.32. The summed E-state index contributed by atoms with van der Waals surface area (Å²) in [7, 11) is 0. The second kappa shape index (κ2) is 7.04. The highest BCUT2D eigenvalue weighted by Crippen LogP contribution is 2.08. The van der Waals surface area contributed by atoms with Gasteiger partial charge in [-0.15, -0.1) is 0 Å². The van der Waals surface area contributed by atoms with Crippen LogP contribution in [0.2, 0.25) is 0 Å². The summed E-state index contributed by atoms with van der Waals surface area (Å²) in [6.45, 7) is 7.22. The highest BCUT2D eigenvalue weighted by Gasteiger charge is 2.14. The van der Waals surface area contributed by atoms with Crippen molar-refractivity contribution in [1.29, 1.82) is 0 Å². The second-order valence-corrected chi connectivity index (χ2v) is 3.53. The molecule has 0 radical (unpaired) electrons. The van der Waals surface area contributed by atoms with Crippen LogP contribution >= 0.6 is 0 Å². The van der Waals surface area contributed by atoms with Gasteiger partial charge in [0.15, 0.2) is 0 Å². The van der Waals surface area contributed by atoms with Crippen molar-refractivity contribution >= 4 is 11.9 Å². The minimum Gasteiger partial charge on any atom is -0.481 e. The minimum atomic E-state index is -1.07. The monoisotopic (exact) mass is 214 g/mol. The molecule has 4 nitrogen and oxygen atoms in total. The maximum atomic E-state index is 11.3. The average molecular weight is 214 g/mol. The van der Waals surface area contributed by atoms with E-state index in [1.54, 1.807) is 6.92 Å². The molecule has 0 heterocycles. The zero-order chi connectivity index (χ0) is 11.8. The van der Waals surface area contributed by atoms with E-state index in [0.29, 0.717) is 0 Å². The number of ether oxygens (including phenoxy) is 1. The fourth-order valence-electron chi connectivity index (χ4n) is 1.07. The molecule has 0 bridgehead atoms. The Morgan fingerprint density at radius 1 is 1.47 bits per heavy atom. The van der Waals surface area contributed by atoms with E-state index in [9.17, 15) is 9.59 Å². The van der Waals surface area contributed by atoms with Crippen LogP contribution in [0.25, 0.3) is 0 Å². The van der Waals surface area contributed by atoms with Gasteiger partial charge in [0.05, 0.1) is 12.5 Å². The third-order valence-corrected chi connectivity index (χ3v) is 1.93.